The number of hydrogen-bond donors (Lipinski definition) is 2. The third-order valence-corrected chi connectivity index (χ3v) is 2.59. The van der Waals surface area contributed by atoms with Crippen LogP contribution in [0.25, 0.3) is 0 Å². The SMILES string of the molecule is CC1COOOCCC1CC(O)CO. The van der Waals surface area contributed by atoms with E-state index < -0.39 is 6.10 Å². The maximum Gasteiger partial charge on any atom is 0.0882 e. The molecule has 84 valence electrons. The molecule has 0 saturated carbocycles. The third-order valence-electron chi connectivity index (χ3n) is 2.59. The van der Waals surface area contributed by atoms with E-state index in [1.165, 1.54) is 0 Å². The molecule has 0 aromatic heterocycles. The zero-order valence-electron chi connectivity index (χ0n) is 8.39. The number of aliphatic hydroxyl groups is 2. The van der Waals surface area contributed by atoms with Crippen molar-refractivity contribution in [2.45, 2.75) is 25.9 Å². The van der Waals surface area contributed by atoms with Gasteiger partial charge in [0, 0.05) is 0 Å². The lowest BCUT2D eigenvalue weighted by Crippen LogP contribution is -2.27. The molecule has 3 unspecified atom stereocenters. The summed E-state index contributed by atoms with van der Waals surface area (Å²) in [6.45, 7) is 2.74. The Kier molecular flexibility index (Phi) is 5.36. The largest absolute Gasteiger partial charge is 0.394 e. The minimum atomic E-state index is -0.650. The third kappa shape index (κ3) is 3.89. The summed E-state index contributed by atoms with van der Waals surface area (Å²) in [5.41, 5.74) is 0. The van der Waals surface area contributed by atoms with Gasteiger partial charge in [-0.3, -0.25) is 0 Å². The van der Waals surface area contributed by atoms with Gasteiger partial charge in [-0.05, 0) is 24.7 Å². The van der Waals surface area contributed by atoms with Crippen LogP contribution in [0.4, 0.5) is 0 Å². The highest BCUT2D eigenvalue weighted by molar-refractivity contribution is 4.70. The van der Waals surface area contributed by atoms with Crippen molar-refractivity contribution in [1.29, 1.82) is 0 Å². The predicted molar refractivity (Wildman–Crippen MR) is 48.0 cm³/mol. The first-order chi connectivity index (χ1) is 6.74. The summed E-state index contributed by atoms with van der Waals surface area (Å²) >= 11 is 0. The molecule has 0 aromatic carbocycles. The quantitative estimate of drug-likeness (QED) is 0.648. The van der Waals surface area contributed by atoms with Gasteiger partial charge in [0.15, 0.2) is 0 Å². The molecule has 0 aliphatic carbocycles. The number of rotatable bonds is 3. The van der Waals surface area contributed by atoms with Crippen LogP contribution in [0, 0.1) is 11.8 Å². The lowest BCUT2D eigenvalue weighted by Gasteiger charge is -2.26. The van der Waals surface area contributed by atoms with Crippen molar-refractivity contribution >= 4 is 0 Å². The first-order valence-corrected chi connectivity index (χ1v) is 4.94. The summed E-state index contributed by atoms with van der Waals surface area (Å²) in [5.74, 6) is 0.584. The van der Waals surface area contributed by atoms with Crippen molar-refractivity contribution in [2.24, 2.45) is 11.8 Å². The molecule has 0 aromatic rings. The van der Waals surface area contributed by atoms with E-state index in [1.807, 2.05) is 6.92 Å². The van der Waals surface area contributed by atoms with Gasteiger partial charge in [0.1, 0.15) is 0 Å². The molecule has 0 amide bonds. The zero-order chi connectivity index (χ0) is 10.4. The maximum absolute atomic E-state index is 9.33. The fourth-order valence-electron chi connectivity index (χ4n) is 1.60. The molecule has 2 N–H and O–H groups in total. The molecule has 14 heavy (non-hydrogen) atoms. The van der Waals surface area contributed by atoms with Gasteiger partial charge >= 0.3 is 0 Å². The van der Waals surface area contributed by atoms with Gasteiger partial charge in [-0.2, -0.15) is 0 Å². The van der Waals surface area contributed by atoms with Crippen LogP contribution in [0.15, 0.2) is 0 Å². The molecule has 5 nitrogen and oxygen atoms in total. The van der Waals surface area contributed by atoms with Crippen LogP contribution in [0.5, 0.6) is 0 Å². The monoisotopic (exact) mass is 206 g/mol. The topological polar surface area (TPSA) is 68.2 Å². The van der Waals surface area contributed by atoms with Crippen LogP contribution in [0.1, 0.15) is 19.8 Å². The molecule has 3 atom stereocenters. The van der Waals surface area contributed by atoms with Gasteiger partial charge in [-0.25, -0.2) is 9.78 Å². The van der Waals surface area contributed by atoms with Crippen molar-refractivity contribution in [1.82, 2.24) is 0 Å². The molecular formula is C9H18O5. The molecule has 1 aliphatic heterocycles. The number of hydrogen-bond acceptors (Lipinski definition) is 5. The number of aliphatic hydroxyl groups excluding tert-OH is 2. The van der Waals surface area contributed by atoms with Crippen LogP contribution < -0.4 is 0 Å². The zero-order valence-corrected chi connectivity index (χ0v) is 8.39. The van der Waals surface area contributed by atoms with E-state index in [9.17, 15) is 5.11 Å². The lowest BCUT2D eigenvalue weighted by atomic mass is 9.87. The van der Waals surface area contributed by atoms with Crippen molar-refractivity contribution in [3.8, 4) is 0 Å². The minimum Gasteiger partial charge on any atom is -0.394 e. The van der Waals surface area contributed by atoms with Crippen molar-refractivity contribution in [3.05, 3.63) is 0 Å². The van der Waals surface area contributed by atoms with Crippen LogP contribution in [-0.2, 0) is 14.8 Å². The Hall–Kier alpha value is -0.200. The van der Waals surface area contributed by atoms with Gasteiger partial charge < -0.3 is 10.2 Å². The highest BCUT2D eigenvalue weighted by atomic mass is 17.5. The van der Waals surface area contributed by atoms with Crippen molar-refractivity contribution < 1.29 is 25.0 Å². The second-order valence-electron chi connectivity index (χ2n) is 3.77. The Morgan fingerprint density at radius 1 is 1.43 bits per heavy atom. The fraction of sp³-hybridized carbons (Fsp3) is 1.00. The van der Waals surface area contributed by atoms with E-state index >= 15 is 0 Å². The highest BCUT2D eigenvalue weighted by Crippen LogP contribution is 2.23. The fourth-order valence-corrected chi connectivity index (χ4v) is 1.60. The molecule has 0 radical (unpaired) electrons. The lowest BCUT2D eigenvalue weighted by molar-refractivity contribution is -0.520. The minimum absolute atomic E-state index is 0.193. The van der Waals surface area contributed by atoms with E-state index in [1.54, 1.807) is 0 Å². The average molecular weight is 206 g/mol. The second kappa shape index (κ2) is 6.31. The van der Waals surface area contributed by atoms with E-state index in [-0.39, 0.29) is 6.61 Å². The van der Waals surface area contributed by atoms with Crippen LogP contribution in [-0.4, -0.2) is 36.1 Å². The molecule has 0 spiro atoms. The Morgan fingerprint density at radius 2 is 2.21 bits per heavy atom. The predicted octanol–water partition coefficient (Wildman–Crippen LogP) is 0.265. The maximum atomic E-state index is 9.33. The Balaban J connectivity index is 2.37. The summed E-state index contributed by atoms with van der Waals surface area (Å²) in [7, 11) is 0. The van der Waals surface area contributed by atoms with Gasteiger partial charge in [0.2, 0.25) is 0 Å². The molecule has 1 saturated heterocycles. The van der Waals surface area contributed by atoms with E-state index in [0.29, 0.717) is 31.5 Å². The standard InChI is InChI=1S/C9H18O5/c1-7-6-13-14-12-3-2-8(7)4-9(11)5-10/h7-11H,2-6H2,1H3. The normalized spacial score (nSPS) is 31.9. The van der Waals surface area contributed by atoms with Crippen molar-refractivity contribution in [2.75, 3.05) is 19.8 Å². The van der Waals surface area contributed by atoms with Crippen molar-refractivity contribution in [3.63, 3.8) is 0 Å². The molecular weight excluding hydrogens is 188 g/mol. The summed E-state index contributed by atoms with van der Waals surface area (Å²) in [6.07, 6.45) is 0.731. The molecule has 5 heteroatoms. The van der Waals surface area contributed by atoms with E-state index in [2.05, 4.69) is 5.04 Å². The molecule has 1 heterocycles. The Morgan fingerprint density at radius 3 is 2.93 bits per heavy atom. The van der Waals surface area contributed by atoms with Gasteiger partial charge in [-0.1, -0.05) is 12.0 Å². The van der Waals surface area contributed by atoms with Crippen LogP contribution in [0.2, 0.25) is 0 Å². The first kappa shape index (κ1) is 11.9. The average Bonchev–Trinajstić information content (AvgIpc) is 2.17. The highest BCUT2D eigenvalue weighted by Gasteiger charge is 2.22. The van der Waals surface area contributed by atoms with Crippen LogP contribution >= 0.6 is 0 Å². The Bertz CT molecular complexity index is 152. The second-order valence-corrected chi connectivity index (χ2v) is 3.77. The van der Waals surface area contributed by atoms with E-state index in [0.717, 1.165) is 6.42 Å². The molecule has 1 rings (SSSR count). The summed E-state index contributed by atoms with van der Waals surface area (Å²) in [6, 6.07) is 0. The van der Waals surface area contributed by atoms with Crippen LogP contribution in [0.3, 0.4) is 0 Å². The molecule has 0 bridgehead atoms. The summed E-state index contributed by atoms with van der Waals surface area (Å²) in [5, 5.41) is 22.5. The smallest absolute Gasteiger partial charge is 0.0882 e. The Labute approximate surface area is 83.4 Å². The summed E-state index contributed by atoms with van der Waals surface area (Å²) < 4.78 is 0. The first-order valence-electron chi connectivity index (χ1n) is 4.94. The van der Waals surface area contributed by atoms with E-state index in [4.69, 9.17) is 14.9 Å². The molecule has 1 fully saturated rings. The summed E-state index contributed by atoms with van der Waals surface area (Å²) in [4.78, 5) is 9.47. The molecule has 1 aliphatic rings. The van der Waals surface area contributed by atoms with Gasteiger partial charge in [0.25, 0.3) is 0 Å². The van der Waals surface area contributed by atoms with Gasteiger partial charge in [-0.15, -0.1) is 0 Å². The van der Waals surface area contributed by atoms with Gasteiger partial charge in [0.05, 0.1) is 25.9 Å².